The van der Waals surface area contributed by atoms with Crippen LogP contribution in [0.2, 0.25) is 0 Å². The van der Waals surface area contributed by atoms with Crippen molar-refractivity contribution >= 4 is 5.91 Å². The van der Waals surface area contributed by atoms with Crippen molar-refractivity contribution in [2.75, 3.05) is 19.8 Å². The number of amides is 1. The van der Waals surface area contributed by atoms with Gasteiger partial charge in [-0.15, -0.1) is 0 Å². The Morgan fingerprint density at radius 3 is 2.76 bits per heavy atom. The fourth-order valence-electron chi connectivity index (χ4n) is 4.88. The van der Waals surface area contributed by atoms with Crippen molar-refractivity contribution in [1.29, 1.82) is 5.26 Å². The van der Waals surface area contributed by atoms with E-state index in [1.54, 1.807) is 6.20 Å². The van der Waals surface area contributed by atoms with E-state index in [-0.39, 0.29) is 22.7 Å². The Kier molecular flexibility index (Phi) is 3.91. The van der Waals surface area contributed by atoms with Crippen LogP contribution in [0.15, 0.2) is 24.8 Å². The monoisotopic (exact) mass is 395 g/mol. The summed E-state index contributed by atoms with van der Waals surface area (Å²) in [5.41, 5.74) is 0.787. The SMILES string of the molecule is N#Cc1cncc2c1OCCN(C(=O)C13CC(COc4ncc(F)cn4)(C1)C3)C2. The van der Waals surface area contributed by atoms with Crippen molar-refractivity contribution < 1.29 is 18.7 Å². The number of nitrogens with zero attached hydrogens (tertiary/aromatic N) is 5. The van der Waals surface area contributed by atoms with Gasteiger partial charge >= 0.3 is 6.01 Å². The van der Waals surface area contributed by atoms with Gasteiger partial charge in [-0.2, -0.15) is 5.26 Å². The van der Waals surface area contributed by atoms with Crippen LogP contribution in [0, 0.1) is 28.0 Å². The number of hydrogen-bond donors (Lipinski definition) is 0. The average molecular weight is 395 g/mol. The molecule has 148 valence electrons. The van der Waals surface area contributed by atoms with Crippen LogP contribution in [0.3, 0.4) is 0 Å². The van der Waals surface area contributed by atoms with Gasteiger partial charge in [0.2, 0.25) is 5.91 Å². The predicted molar refractivity (Wildman–Crippen MR) is 96.1 cm³/mol. The van der Waals surface area contributed by atoms with Gasteiger partial charge in [0, 0.05) is 23.4 Å². The van der Waals surface area contributed by atoms with Crippen molar-refractivity contribution in [2.24, 2.45) is 10.8 Å². The van der Waals surface area contributed by atoms with Crippen molar-refractivity contribution in [2.45, 2.75) is 25.8 Å². The molecule has 0 saturated heterocycles. The zero-order valence-electron chi connectivity index (χ0n) is 15.6. The van der Waals surface area contributed by atoms with Crippen LogP contribution in [-0.4, -0.2) is 45.5 Å². The largest absolute Gasteiger partial charge is 0.490 e. The van der Waals surface area contributed by atoms with E-state index in [1.807, 2.05) is 4.90 Å². The fraction of sp³-hybridized carbons (Fsp3) is 0.450. The zero-order chi connectivity index (χ0) is 20.1. The highest BCUT2D eigenvalue weighted by atomic mass is 19.1. The van der Waals surface area contributed by atoms with E-state index in [1.165, 1.54) is 6.20 Å². The van der Waals surface area contributed by atoms with Gasteiger partial charge in [-0.05, 0) is 19.3 Å². The van der Waals surface area contributed by atoms with E-state index in [9.17, 15) is 14.4 Å². The molecule has 3 aliphatic carbocycles. The lowest BCUT2D eigenvalue weighted by Gasteiger charge is -2.69. The van der Waals surface area contributed by atoms with Gasteiger partial charge in [0.25, 0.3) is 0 Å². The van der Waals surface area contributed by atoms with E-state index in [4.69, 9.17) is 9.47 Å². The lowest BCUT2D eigenvalue weighted by atomic mass is 9.35. The molecule has 1 amide bonds. The van der Waals surface area contributed by atoms with Gasteiger partial charge < -0.3 is 14.4 Å². The number of fused-ring (bicyclic) bond motifs is 1. The van der Waals surface area contributed by atoms with E-state index in [2.05, 4.69) is 21.0 Å². The highest BCUT2D eigenvalue weighted by Gasteiger charge is 2.72. The first-order valence-corrected chi connectivity index (χ1v) is 9.42. The molecular formula is C20H18FN5O3. The zero-order valence-corrected chi connectivity index (χ0v) is 15.6. The number of rotatable bonds is 4. The molecule has 0 aromatic carbocycles. The maximum absolute atomic E-state index is 13.2. The highest BCUT2D eigenvalue weighted by Crippen LogP contribution is 2.73. The minimum Gasteiger partial charge on any atom is -0.490 e. The number of carbonyl (C=O) groups excluding carboxylic acids is 1. The first-order valence-electron chi connectivity index (χ1n) is 9.42. The molecule has 2 bridgehead atoms. The summed E-state index contributed by atoms with van der Waals surface area (Å²) in [4.78, 5) is 26.7. The second kappa shape index (κ2) is 6.37. The van der Waals surface area contributed by atoms with Gasteiger partial charge in [0.05, 0.1) is 37.5 Å². The molecule has 3 fully saturated rings. The van der Waals surface area contributed by atoms with Crippen molar-refractivity contribution in [3.63, 3.8) is 0 Å². The van der Waals surface area contributed by atoms with Crippen LogP contribution < -0.4 is 9.47 Å². The lowest BCUT2D eigenvalue weighted by Crippen LogP contribution is -2.69. The smallest absolute Gasteiger partial charge is 0.316 e. The third-order valence-electron chi connectivity index (χ3n) is 6.04. The summed E-state index contributed by atoms with van der Waals surface area (Å²) >= 11 is 0. The van der Waals surface area contributed by atoms with Gasteiger partial charge in [-0.3, -0.25) is 9.78 Å². The van der Waals surface area contributed by atoms with Gasteiger partial charge in [0.15, 0.2) is 5.82 Å². The Morgan fingerprint density at radius 2 is 2.03 bits per heavy atom. The summed E-state index contributed by atoms with van der Waals surface area (Å²) in [6.07, 6.45) is 7.57. The number of pyridine rings is 1. The van der Waals surface area contributed by atoms with Crippen LogP contribution >= 0.6 is 0 Å². The molecule has 8 nitrogen and oxygen atoms in total. The van der Waals surface area contributed by atoms with E-state index in [0.717, 1.165) is 37.2 Å². The average Bonchev–Trinajstić information content (AvgIpc) is 2.89. The third-order valence-corrected chi connectivity index (χ3v) is 6.04. The molecule has 0 atom stereocenters. The normalized spacial score (nSPS) is 26.7. The Bertz CT molecular complexity index is 1000. The molecular weight excluding hydrogens is 377 g/mol. The molecule has 0 unspecified atom stereocenters. The summed E-state index contributed by atoms with van der Waals surface area (Å²) in [5, 5.41) is 9.23. The van der Waals surface area contributed by atoms with Gasteiger partial charge in [-0.25, -0.2) is 14.4 Å². The molecule has 29 heavy (non-hydrogen) atoms. The number of hydrogen-bond acceptors (Lipinski definition) is 7. The van der Waals surface area contributed by atoms with Gasteiger partial charge in [0.1, 0.15) is 24.0 Å². The third kappa shape index (κ3) is 2.87. The summed E-state index contributed by atoms with van der Waals surface area (Å²) in [7, 11) is 0. The Hall–Kier alpha value is -3.28. The molecule has 2 aromatic rings. The van der Waals surface area contributed by atoms with Crippen LogP contribution in [0.4, 0.5) is 4.39 Å². The number of aromatic nitrogens is 3. The Morgan fingerprint density at radius 1 is 1.28 bits per heavy atom. The van der Waals surface area contributed by atoms with Crippen molar-refractivity contribution in [3.05, 3.63) is 41.7 Å². The minimum atomic E-state index is -0.507. The standard InChI is InChI=1S/C20H18FN5O3/c21-15-6-24-18(25-7-15)29-12-19-9-20(10-19,11-19)17(27)26-1-2-28-16-13(3-22)4-23-5-14(16)8-26/h4-7H,1-2,8-12H2. The van der Waals surface area contributed by atoms with Crippen LogP contribution in [0.25, 0.3) is 0 Å². The maximum atomic E-state index is 13.2. The van der Waals surface area contributed by atoms with Gasteiger partial charge in [-0.1, -0.05) is 0 Å². The Labute approximate surface area is 166 Å². The molecule has 9 heteroatoms. The van der Waals surface area contributed by atoms with Crippen LogP contribution in [0.1, 0.15) is 30.4 Å². The molecule has 2 aromatic heterocycles. The molecule has 0 spiro atoms. The molecule has 0 radical (unpaired) electrons. The summed E-state index contributed by atoms with van der Waals surface area (Å²) in [6.45, 7) is 1.65. The number of nitriles is 1. The van der Waals surface area contributed by atoms with Crippen molar-refractivity contribution in [3.8, 4) is 17.8 Å². The molecule has 1 aliphatic heterocycles. The second-order valence-corrected chi connectivity index (χ2v) is 8.15. The highest BCUT2D eigenvalue weighted by molar-refractivity contribution is 5.86. The molecule has 3 heterocycles. The maximum Gasteiger partial charge on any atom is 0.316 e. The molecule has 0 N–H and O–H groups in total. The first-order chi connectivity index (χ1) is 14.0. The summed E-state index contributed by atoms with van der Waals surface area (Å²) in [6, 6.07) is 2.24. The van der Waals surface area contributed by atoms with E-state index in [0.29, 0.717) is 37.6 Å². The quantitative estimate of drug-likeness (QED) is 0.779. The predicted octanol–water partition coefficient (Wildman–Crippen LogP) is 1.85. The van der Waals surface area contributed by atoms with E-state index < -0.39 is 5.82 Å². The number of ether oxygens (including phenoxy) is 2. The minimum absolute atomic E-state index is 0.0246. The summed E-state index contributed by atoms with van der Waals surface area (Å²) in [5.74, 6) is 0.142. The number of carbonyl (C=O) groups is 1. The fourth-order valence-corrected chi connectivity index (χ4v) is 4.88. The topological polar surface area (TPSA) is 101 Å². The van der Waals surface area contributed by atoms with E-state index >= 15 is 0 Å². The molecule has 3 saturated carbocycles. The molecule has 6 rings (SSSR count). The van der Waals surface area contributed by atoms with Crippen LogP contribution in [0.5, 0.6) is 11.8 Å². The summed E-state index contributed by atoms with van der Waals surface area (Å²) < 4.78 is 24.2. The number of halogens is 1. The van der Waals surface area contributed by atoms with Crippen LogP contribution in [-0.2, 0) is 11.3 Å². The Balaban J connectivity index is 1.22. The second-order valence-electron chi connectivity index (χ2n) is 8.15. The molecule has 4 aliphatic rings. The van der Waals surface area contributed by atoms with Crippen molar-refractivity contribution in [1.82, 2.24) is 19.9 Å². The first kappa shape index (κ1) is 17.8. The lowest BCUT2D eigenvalue weighted by molar-refractivity contribution is -0.226.